The minimum Gasteiger partial charge on any atom is -0.486 e. The maximum atomic E-state index is 14.2. The number of aromatic nitrogens is 8. The third kappa shape index (κ3) is 6.68. The summed E-state index contributed by atoms with van der Waals surface area (Å²) in [6.45, 7) is 4.01. The van der Waals surface area contributed by atoms with E-state index in [9.17, 15) is 25.6 Å². The molecule has 2 aliphatic carbocycles. The molecule has 8 heterocycles. The summed E-state index contributed by atoms with van der Waals surface area (Å²) in [5, 5.41) is 6.02. The first kappa shape index (κ1) is 42.6. The first-order valence-corrected chi connectivity index (χ1v) is 25.3. The van der Waals surface area contributed by atoms with Gasteiger partial charge in [-0.15, -0.1) is 0 Å². The van der Waals surface area contributed by atoms with Gasteiger partial charge in [-0.25, -0.2) is 54.7 Å². The van der Waals surface area contributed by atoms with Crippen molar-refractivity contribution in [1.29, 1.82) is 0 Å². The van der Waals surface area contributed by atoms with Crippen molar-refractivity contribution in [2.45, 2.75) is 47.3 Å². The van der Waals surface area contributed by atoms with E-state index in [1.807, 2.05) is 0 Å². The maximum absolute atomic E-state index is 14.2. The largest absolute Gasteiger partial charge is 0.486 e. The SMILES string of the molecule is CNc1nc2cc(F)ccc2n1-c1nc2c(c(C3(S(C)(=O)=O)CC3)n1)OC[C@@H]1COCCN21.CNc1nc2ccc(F)cc2n1-c1nc2c(c(C3(S(C)(=O)=O)CC3)n1)OC[C@@H]1COCCN21. The molecule has 4 fully saturated rings. The minimum atomic E-state index is -3.47. The Bertz CT molecular complexity index is 3200. The number of hydrogen-bond donors (Lipinski definition) is 2. The molecule has 2 saturated carbocycles. The van der Waals surface area contributed by atoms with Crippen molar-refractivity contribution in [3.63, 3.8) is 0 Å². The van der Waals surface area contributed by atoms with Gasteiger partial charge in [0.1, 0.15) is 45.7 Å². The topological polar surface area (TPSA) is 223 Å². The Balaban J connectivity index is 0.000000146. The molecule has 2 N–H and O–H groups in total. The van der Waals surface area contributed by atoms with Gasteiger partial charge in [-0.2, -0.15) is 9.97 Å². The number of benzene rings is 2. The molecule has 4 aliphatic heterocycles. The van der Waals surface area contributed by atoms with E-state index >= 15 is 0 Å². The summed E-state index contributed by atoms with van der Waals surface area (Å²) in [7, 11) is -3.53. The van der Waals surface area contributed by atoms with Crippen LogP contribution in [0.3, 0.4) is 0 Å². The van der Waals surface area contributed by atoms with Crippen LogP contribution in [-0.2, 0) is 38.6 Å². The number of morpholine rings is 2. The summed E-state index contributed by atoms with van der Waals surface area (Å²) < 4.78 is 104. The third-order valence-corrected chi connectivity index (χ3v) is 17.3. The Morgan fingerprint density at radius 1 is 0.606 bits per heavy atom. The summed E-state index contributed by atoms with van der Waals surface area (Å²) >= 11 is 0. The van der Waals surface area contributed by atoms with Crippen LogP contribution in [0.5, 0.6) is 11.5 Å². The smallest absolute Gasteiger partial charge is 0.239 e. The van der Waals surface area contributed by atoms with E-state index in [4.69, 9.17) is 38.9 Å². The molecule has 6 aromatic rings. The van der Waals surface area contributed by atoms with Crippen molar-refractivity contribution >= 4 is 65.3 Å². The summed E-state index contributed by atoms with van der Waals surface area (Å²) in [5.41, 5.74) is 2.81. The average Bonchev–Trinajstić information content (AvgIpc) is 4.23. The number of ether oxygens (including phenoxy) is 4. The van der Waals surface area contributed by atoms with E-state index in [1.54, 1.807) is 35.4 Å². The van der Waals surface area contributed by atoms with E-state index in [0.29, 0.717) is 147 Å². The van der Waals surface area contributed by atoms with Crippen LogP contribution in [0, 0.1) is 11.6 Å². The first-order chi connectivity index (χ1) is 31.6. The zero-order chi connectivity index (χ0) is 45.9. The number of halogens is 2. The highest BCUT2D eigenvalue weighted by atomic mass is 32.2. The Kier molecular flexibility index (Phi) is 9.87. The Morgan fingerprint density at radius 2 is 1.08 bits per heavy atom. The number of nitrogens with one attached hydrogen (secondary N) is 2. The zero-order valence-corrected chi connectivity index (χ0v) is 38.0. The molecule has 0 unspecified atom stereocenters. The van der Waals surface area contributed by atoms with Crippen LogP contribution in [0.1, 0.15) is 37.1 Å². The highest BCUT2D eigenvalue weighted by Gasteiger charge is 2.59. The monoisotopic (exact) mass is 948 g/mol. The molecule has 0 spiro atoms. The van der Waals surface area contributed by atoms with Crippen molar-refractivity contribution in [3.05, 3.63) is 59.4 Å². The van der Waals surface area contributed by atoms with Gasteiger partial charge in [0.25, 0.3) is 0 Å². The molecule has 12 rings (SSSR count). The van der Waals surface area contributed by atoms with Gasteiger partial charge in [-0.1, -0.05) is 0 Å². The van der Waals surface area contributed by atoms with Crippen molar-refractivity contribution in [1.82, 2.24) is 39.0 Å². The molecule has 0 bridgehead atoms. The lowest BCUT2D eigenvalue weighted by atomic mass is 10.1. The fourth-order valence-corrected chi connectivity index (χ4v) is 12.1. The molecule has 0 radical (unpaired) electrons. The third-order valence-electron chi connectivity index (χ3n) is 13.3. The first-order valence-electron chi connectivity index (χ1n) is 21.6. The zero-order valence-electron chi connectivity index (χ0n) is 36.4. The van der Waals surface area contributed by atoms with Crippen LogP contribution >= 0.6 is 0 Å². The molecule has 24 heteroatoms. The summed E-state index contributed by atoms with van der Waals surface area (Å²) in [6, 6.07) is 8.53. The number of rotatable bonds is 8. The molecule has 348 valence electrons. The molecule has 4 aromatic heterocycles. The molecular formula is C42H46F2N12O8S2. The van der Waals surface area contributed by atoms with Gasteiger partial charge in [0.05, 0.1) is 60.6 Å². The highest BCUT2D eigenvalue weighted by Crippen LogP contribution is 2.58. The van der Waals surface area contributed by atoms with Gasteiger partial charge in [0.2, 0.25) is 23.8 Å². The highest BCUT2D eigenvalue weighted by molar-refractivity contribution is 7.92. The number of anilines is 4. The lowest BCUT2D eigenvalue weighted by molar-refractivity contribution is 0.0691. The molecular weight excluding hydrogens is 903 g/mol. The lowest BCUT2D eigenvalue weighted by Crippen LogP contribution is -2.52. The van der Waals surface area contributed by atoms with Gasteiger partial charge >= 0.3 is 0 Å². The molecule has 0 amide bonds. The second kappa shape index (κ2) is 15.3. The van der Waals surface area contributed by atoms with Crippen LogP contribution in [0.4, 0.5) is 32.3 Å². The number of hydrogen-bond acceptors (Lipinski definition) is 18. The predicted molar refractivity (Wildman–Crippen MR) is 239 cm³/mol. The van der Waals surface area contributed by atoms with Crippen molar-refractivity contribution in [3.8, 4) is 23.4 Å². The second-order valence-electron chi connectivity index (χ2n) is 17.4. The van der Waals surface area contributed by atoms with E-state index in [2.05, 4.69) is 30.4 Å². The maximum Gasteiger partial charge on any atom is 0.239 e. The molecule has 20 nitrogen and oxygen atoms in total. The fraction of sp³-hybridized carbons (Fsp3) is 0.476. The van der Waals surface area contributed by atoms with Crippen molar-refractivity contribution in [2.24, 2.45) is 0 Å². The van der Waals surface area contributed by atoms with Crippen LogP contribution in [0.15, 0.2) is 36.4 Å². The summed E-state index contributed by atoms with van der Waals surface area (Å²) in [6.07, 6.45) is 4.34. The van der Waals surface area contributed by atoms with Gasteiger partial charge < -0.3 is 39.4 Å². The molecule has 6 aliphatic rings. The van der Waals surface area contributed by atoms with Gasteiger partial charge in [-0.3, -0.25) is 0 Å². The van der Waals surface area contributed by atoms with Crippen LogP contribution in [0.25, 0.3) is 34.0 Å². The number of fused-ring (bicyclic) bond motifs is 8. The number of nitrogens with zero attached hydrogens (tertiary/aromatic N) is 10. The van der Waals surface area contributed by atoms with Crippen LogP contribution < -0.4 is 29.9 Å². The standard InChI is InChI=1S/2C21H23FN6O4S/c1-23-19-24-14-9-12(22)3-4-15(14)28(19)20-25-17(21(5-6-21)33(2,29)30)16-18(26-20)27-7-8-31-10-13(27)11-32-16;1-23-19-24-14-4-3-12(22)9-15(14)28(19)20-25-17(21(5-6-21)33(2,29)30)16-18(26-20)27-7-8-31-10-13(27)11-32-16/h2*3-4,9,13H,5-8,10-11H2,1-2H3,(H,23,24)/t2*13-/m00/s1. The van der Waals surface area contributed by atoms with E-state index in [0.717, 1.165) is 0 Å². The summed E-state index contributed by atoms with van der Waals surface area (Å²) in [5.74, 6) is 2.39. The van der Waals surface area contributed by atoms with Crippen molar-refractivity contribution < 1.29 is 44.6 Å². The van der Waals surface area contributed by atoms with E-state index in [-0.39, 0.29) is 24.0 Å². The average molecular weight is 949 g/mol. The number of imidazole rings is 2. The molecule has 2 aromatic carbocycles. The van der Waals surface area contributed by atoms with Gasteiger partial charge in [0.15, 0.2) is 42.8 Å². The molecule has 2 saturated heterocycles. The molecule has 2 atom stereocenters. The normalized spacial score (nSPS) is 21.3. The molecule has 66 heavy (non-hydrogen) atoms. The van der Waals surface area contributed by atoms with E-state index < -0.39 is 40.8 Å². The Hall–Kier alpha value is -5.98. The predicted octanol–water partition coefficient (Wildman–Crippen LogP) is 3.26. The Labute approximate surface area is 377 Å². The minimum absolute atomic E-state index is 0.0207. The summed E-state index contributed by atoms with van der Waals surface area (Å²) in [4.78, 5) is 32.3. The Morgan fingerprint density at radius 3 is 1.56 bits per heavy atom. The van der Waals surface area contributed by atoms with Crippen LogP contribution in [-0.4, -0.2) is 147 Å². The van der Waals surface area contributed by atoms with Gasteiger partial charge in [0, 0.05) is 51.8 Å². The fourth-order valence-electron chi connectivity index (χ4n) is 9.47. The lowest BCUT2D eigenvalue weighted by Gasteiger charge is -2.41. The van der Waals surface area contributed by atoms with Crippen LogP contribution in [0.2, 0.25) is 0 Å². The number of sulfone groups is 2. The van der Waals surface area contributed by atoms with E-state index in [1.165, 1.54) is 36.8 Å². The van der Waals surface area contributed by atoms with Gasteiger partial charge in [-0.05, 0) is 49.9 Å². The second-order valence-corrected chi connectivity index (χ2v) is 22.0. The van der Waals surface area contributed by atoms with Crippen molar-refractivity contribution in [2.75, 3.05) is 99.8 Å². The quantitative estimate of drug-likeness (QED) is 0.224.